The lowest BCUT2D eigenvalue weighted by Crippen LogP contribution is -2.33. The van der Waals surface area contributed by atoms with Gasteiger partial charge in [0.2, 0.25) is 0 Å². The van der Waals surface area contributed by atoms with E-state index in [9.17, 15) is 9.59 Å². The number of anilines is 2. The van der Waals surface area contributed by atoms with Gasteiger partial charge < -0.3 is 26.2 Å². The number of nitrogens with zero attached hydrogens (tertiary/aromatic N) is 1. The van der Waals surface area contributed by atoms with Crippen LogP contribution in [0.2, 0.25) is 0 Å². The molecule has 7 heteroatoms. The molecule has 0 aliphatic heterocycles. The number of benzene rings is 2. The highest BCUT2D eigenvalue weighted by Gasteiger charge is 2.03. The Kier molecular flexibility index (Phi) is 9.37. The number of amides is 4. The molecule has 0 unspecified atom stereocenters. The highest BCUT2D eigenvalue weighted by atomic mass is 16.2. The molecule has 0 radical (unpaired) electrons. The van der Waals surface area contributed by atoms with E-state index in [1.54, 1.807) is 0 Å². The van der Waals surface area contributed by atoms with Crippen LogP contribution in [0.4, 0.5) is 21.0 Å². The van der Waals surface area contributed by atoms with Crippen LogP contribution in [-0.2, 0) is 0 Å². The minimum absolute atomic E-state index is 0.192. The Balaban J connectivity index is 1.47. The van der Waals surface area contributed by atoms with Gasteiger partial charge in [0, 0.05) is 24.5 Å². The van der Waals surface area contributed by atoms with Crippen LogP contribution in [-0.4, -0.2) is 50.2 Å². The Bertz CT molecular complexity index is 648. The zero-order valence-corrected chi connectivity index (χ0v) is 16.3. The Morgan fingerprint density at radius 3 is 1.50 bits per heavy atom. The van der Waals surface area contributed by atoms with E-state index in [1.165, 1.54) is 0 Å². The molecule has 4 N–H and O–H groups in total. The lowest BCUT2D eigenvalue weighted by Gasteiger charge is -2.17. The van der Waals surface area contributed by atoms with Crippen molar-refractivity contribution < 1.29 is 9.59 Å². The molecule has 0 aliphatic rings. The van der Waals surface area contributed by atoms with Crippen LogP contribution in [0.1, 0.15) is 12.8 Å². The predicted octanol–water partition coefficient (Wildman–Crippen LogP) is 3.34. The summed E-state index contributed by atoms with van der Waals surface area (Å²) in [4.78, 5) is 25.7. The summed E-state index contributed by atoms with van der Waals surface area (Å²) in [6.07, 6.45) is 1.72. The van der Waals surface area contributed by atoms with Crippen molar-refractivity contribution in [1.29, 1.82) is 0 Å². The van der Waals surface area contributed by atoms with E-state index in [1.807, 2.05) is 67.7 Å². The normalized spacial score (nSPS) is 10.4. The highest BCUT2D eigenvalue weighted by Crippen LogP contribution is 2.05. The lowest BCUT2D eigenvalue weighted by molar-refractivity contribution is 0.250. The summed E-state index contributed by atoms with van der Waals surface area (Å²) in [7, 11) is 2.04. The molecule has 0 heterocycles. The summed E-state index contributed by atoms with van der Waals surface area (Å²) in [5.74, 6) is 0. The van der Waals surface area contributed by atoms with Crippen molar-refractivity contribution in [3.8, 4) is 0 Å². The van der Waals surface area contributed by atoms with Crippen molar-refractivity contribution in [1.82, 2.24) is 15.5 Å². The zero-order chi connectivity index (χ0) is 20.0. The monoisotopic (exact) mass is 383 g/mol. The van der Waals surface area contributed by atoms with Gasteiger partial charge in [0.15, 0.2) is 0 Å². The second kappa shape index (κ2) is 12.3. The fourth-order valence-corrected chi connectivity index (χ4v) is 2.61. The molecule has 28 heavy (non-hydrogen) atoms. The second-order valence-corrected chi connectivity index (χ2v) is 6.50. The largest absolute Gasteiger partial charge is 0.338 e. The van der Waals surface area contributed by atoms with Gasteiger partial charge in [-0.3, -0.25) is 0 Å². The SMILES string of the molecule is CN(CCCNC(=O)Nc1ccccc1)CCCNC(=O)Nc1ccccc1. The van der Waals surface area contributed by atoms with Crippen molar-refractivity contribution in [2.45, 2.75) is 12.8 Å². The summed E-state index contributed by atoms with van der Waals surface area (Å²) in [5.41, 5.74) is 1.56. The molecular weight excluding hydrogens is 354 g/mol. The molecule has 0 atom stereocenters. The summed E-state index contributed by atoms with van der Waals surface area (Å²) in [5, 5.41) is 11.3. The molecule has 0 saturated heterocycles. The average Bonchev–Trinajstić information content (AvgIpc) is 2.70. The lowest BCUT2D eigenvalue weighted by atomic mass is 10.3. The third-order valence-electron chi connectivity index (χ3n) is 4.07. The molecule has 0 spiro atoms. The first kappa shape index (κ1) is 21.2. The number of nitrogens with one attached hydrogen (secondary N) is 4. The quantitative estimate of drug-likeness (QED) is 0.475. The summed E-state index contributed by atoms with van der Waals surface area (Å²) < 4.78 is 0. The van der Waals surface area contributed by atoms with Crippen LogP contribution in [0.15, 0.2) is 60.7 Å². The van der Waals surface area contributed by atoms with Gasteiger partial charge in [0.1, 0.15) is 0 Å². The van der Waals surface area contributed by atoms with E-state index < -0.39 is 0 Å². The number of urea groups is 2. The molecule has 0 aliphatic carbocycles. The number of hydrogen-bond acceptors (Lipinski definition) is 3. The van der Waals surface area contributed by atoms with Crippen LogP contribution >= 0.6 is 0 Å². The first-order chi connectivity index (χ1) is 13.6. The van der Waals surface area contributed by atoms with E-state index in [0.717, 1.165) is 37.3 Å². The van der Waals surface area contributed by atoms with E-state index in [-0.39, 0.29) is 12.1 Å². The molecule has 0 bridgehead atoms. The van der Waals surface area contributed by atoms with Crippen molar-refractivity contribution >= 4 is 23.4 Å². The maximum atomic E-state index is 11.8. The maximum absolute atomic E-state index is 11.8. The number of rotatable bonds is 10. The van der Waals surface area contributed by atoms with Gasteiger partial charge in [-0.2, -0.15) is 0 Å². The molecular formula is C21H29N5O2. The molecule has 150 valence electrons. The molecule has 2 rings (SSSR count). The van der Waals surface area contributed by atoms with Crippen molar-refractivity contribution in [2.24, 2.45) is 0 Å². The predicted molar refractivity (Wildman–Crippen MR) is 114 cm³/mol. The van der Waals surface area contributed by atoms with Gasteiger partial charge in [0.05, 0.1) is 0 Å². The van der Waals surface area contributed by atoms with Gasteiger partial charge >= 0.3 is 12.1 Å². The smallest absolute Gasteiger partial charge is 0.319 e. The molecule has 0 saturated carbocycles. The molecule has 0 aromatic heterocycles. The zero-order valence-electron chi connectivity index (χ0n) is 16.3. The topological polar surface area (TPSA) is 85.5 Å². The fourth-order valence-electron chi connectivity index (χ4n) is 2.61. The third kappa shape index (κ3) is 9.05. The minimum atomic E-state index is -0.192. The van der Waals surface area contributed by atoms with Gasteiger partial charge in [0.25, 0.3) is 0 Å². The second-order valence-electron chi connectivity index (χ2n) is 6.50. The molecule has 4 amide bonds. The maximum Gasteiger partial charge on any atom is 0.319 e. The summed E-state index contributed by atoms with van der Waals surface area (Å²) in [6, 6.07) is 18.3. The van der Waals surface area contributed by atoms with E-state index in [4.69, 9.17) is 0 Å². The van der Waals surface area contributed by atoms with Gasteiger partial charge in [-0.15, -0.1) is 0 Å². The van der Waals surface area contributed by atoms with Crippen LogP contribution < -0.4 is 21.3 Å². The van der Waals surface area contributed by atoms with Crippen molar-refractivity contribution in [2.75, 3.05) is 43.9 Å². The average molecular weight is 383 g/mol. The number of hydrogen-bond donors (Lipinski definition) is 4. The number of carbonyl (C=O) groups excluding carboxylic acids is 2. The summed E-state index contributed by atoms with van der Waals surface area (Å²) in [6.45, 7) is 2.98. The van der Waals surface area contributed by atoms with Crippen molar-refractivity contribution in [3.05, 3.63) is 60.7 Å². The van der Waals surface area contributed by atoms with Crippen molar-refractivity contribution in [3.63, 3.8) is 0 Å². The Morgan fingerprint density at radius 1 is 0.714 bits per heavy atom. The molecule has 0 fully saturated rings. The number of para-hydroxylation sites is 2. The van der Waals surface area contributed by atoms with E-state index in [0.29, 0.717) is 13.1 Å². The van der Waals surface area contributed by atoms with E-state index in [2.05, 4.69) is 26.2 Å². The van der Waals surface area contributed by atoms with Crippen LogP contribution in [0.5, 0.6) is 0 Å². The van der Waals surface area contributed by atoms with Crippen LogP contribution in [0.3, 0.4) is 0 Å². The molecule has 7 nitrogen and oxygen atoms in total. The molecule has 2 aromatic rings. The summed E-state index contributed by atoms with van der Waals surface area (Å²) >= 11 is 0. The first-order valence-electron chi connectivity index (χ1n) is 9.52. The fraction of sp³-hybridized carbons (Fsp3) is 0.333. The molecule has 2 aromatic carbocycles. The Morgan fingerprint density at radius 2 is 1.11 bits per heavy atom. The Labute approximate surface area is 166 Å². The standard InChI is InChI=1S/C21H29N5O2/c1-26(16-8-14-22-20(27)24-18-10-4-2-5-11-18)17-9-15-23-21(28)25-19-12-6-3-7-13-19/h2-7,10-13H,8-9,14-17H2,1H3,(H2,22,24,27)(H2,23,25,28). The van der Waals surface area contributed by atoms with Gasteiger partial charge in [-0.05, 0) is 57.2 Å². The Hall–Kier alpha value is -3.06. The van der Waals surface area contributed by atoms with Crippen LogP contribution in [0, 0.1) is 0 Å². The third-order valence-corrected chi connectivity index (χ3v) is 4.07. The highest BCUT2D eigenvalue weighted by molar-refractivity contribution is 5.89. The van der Waals surface area contributed by atoms with E-state index >= 15 is 0 Å². The van der Waals surface area contributed by atoms with Gasteiger partial charge in [-0.25, -0.2) is 9.59 Å². The van der Waals surface area contributed by atoms with Crippen LogP contribution in [0.25, 0.3) is 0 Å². The minimum Gasteiger partial charge on any atom is -0.338 e. The number of carbonyl (C=O) groups is 2. The van der Waals surface area contributed by atoms with Gasteiger partial charge in [-0.1, -0.05) is 36.4 Å². The first-order valence-corrected chi connectivity index (χ1v) is 9.52.